The standard InChI is InChI=1S/C17H13BrN2O6S/c18-11-4-3-5-12(8-11)27(24,25)19-9-15(21)26-10-20-16(22)13-6-1-2-7-14(13)17(20)23/h1-8,19H,9-10H2. The van der Waals surface area contributed by atoms with Crippen molar-refractivity contribution in [2.24, 2.45) is 0 Å². The maximum absolute atomic E-state index is 12.2. The summed E-state index contributed by atoms with van der Waals surface area (Å²) in [5, 5.41) is 0. The highest BCUT2D eigenvalue weighted by Crippen LogP contribution is 2.22. The molecule has 0 spiro atoms. The molecule has 1 aliphatic heterocycles. The second-order valence-electron chi connectivity index (χ2n) is 5.51. The summed E-state index contributed by atoms with van der Waals surface area (Å²) >= 11 is 3.17. The minimum absolute atomic E-state index is 0.0231. The van der Waals surface area contributed by atoms with Gasteiger partial charge in [0.1, 0.15) is 6.54 Å². The van der Waals surface area contributed by atoms with Crippen LogP contribution in [0.5, 0.6) is 0 Å². The number of esters is 1. The highest BCUT2D eigenvalue weighted by atomic mass is 79.9. The largest absolute Gasteiger partial charge is 0.443 e. The van der Waals surface area contributed by atoms with E-state index in [1.165, 1.54) is 24.3 Å². The van der Waals surface area contributed by atoms with E-state index in [0.29, 0.717) is 4.47 Å². The van der Waals surface area contributed by atoms with E-state index in [0.717, 1.165) is 4.90 Å². The summed E-state index contributed by atoms with van der Waals surface area (Å²) in [4.78, 5) is 36.9. The van der Waals surface area contributed by atoms with E-state index in [-0.39, 0.29) is 16.0 Å². The molecule has 0 saturated heterocycles. The Bertz CT molecular complexity index is 1000. The van der Waals surface area contributed by atoms with Gasteiger partial charge in [0.15, 0.2) is 6.73 Å². The van der Waals surface area contributed by atoms with Crippen LogP contribution in [0, 0.1) is 0 Å². The van der Waals surface area contributed by atoms with Crippen LogP contribution in [0.25, 0.3) is 0 Å². The summed E-state index contributed by atoms with van der Waals surface area (Å²) in [6.45, 7) is -1.23. The predicted octanol–water partition coefficient (Wildman–Crippen LogP) is 1.52. The third-order valence-electron chi connectivity index (χ3n) is 3.75. The molecule has 0 aliphatic carbocycles. The van der Waals surface area contributed by atoms with Crippen molar-refractivity contribution in [1.82, 2.24) is 9.62 Å². The van der Waals surface area contributed by atoms with Gasteiger partial charge in [-0.05, 0) is 30.3 Å². The summed E-state index contributed by atoms with van der Waals surface area (Å²) in [5.41, 5.74) is 0.461. The lowest BCUT2D eigenvalue weighted by molar-refractivity contribution is -0.144. The molecule has 2 amide bonds. The number of carbonyl (C=O) groups excluding carboxylic acids is 3. The van der Waals surface area contributed by atoms with Gasteiger partial charge in [-0.2, -0.15) is 4.72 Å². The second kappa shape index (κ2) is 7.59. The maximum atomic E-state index is 12.2. The number of benzene rings is 2. The molecule has 0 bridgehead atoms. The van der Waals surface area contributed by atoms with Crippen molar-refractivity contribution < 1.29 is 27.5 Å². The summed E-state index contributed by atoms with van der Waals surface area (Å²) in [6.07, 6.45) is 0. The average Bonchev–Trinajstić information content (AvgIpc) is 2.89. The molecule has 8 nitrogen and oxygen atoms in total. The Morgan fingerprint density at radius 3 is 2.26 bits per heavy atom. The van der Waals surface area contributed by atoms with Crippen LogP contribution in [0.2, 0.25) is 0 Å². The van der Waals surface area contributed by atoms with Crippen LogP contribution in [0.3, 0.4) is 0 Å². The number of ether oxygens (including phenoxy) is 1. The van der Waals surface area contributed by atoms with Gasteiger partial charge in [-0.25, -0.2) is 13.3 Å². The smallest absolute Gasteiger partial charge is 0.322 e. The number of nitrogens with zero attached hydrogens (tertiary/aromatic N) is 1. The molecule has 1 aliphatic rings. The van der Waals surface area contributed by atoms with E-state index in [1.54, 1.807) is 24.3 Å². The second-order valence-corrected chi connectivity index (χ2v) is 8.19. The van der Waals surface area contributed by atoms with Crippen molar-refractivity contribution in [3.8, 4) is 0 Å². The first kappa shape index (κ1) is 19.2. The molecule has 27 heavy (non-hydrogen) atoms. The summed E-state index contributed by atoms with van der Waals surface area (Å²) in [7, 11) is -3.91. The minimum atomic E-state index is -3.91. The van der Waals surface area contributed by atoms with Gasteiger partial charge < -0.3 is 4.74 Å². The number of sulfonamides is 1. The third-order valence-corrected chi connectivity index (χ3v) is 5.64. The Morgan fingerprint density at radius 2 is 1.67 bits per heavy atom. The van der Waals surface area contributed by atoms with E-state index < -0.39 is 41.1 Å². The number of nitrogens with one attached hydrogen (secondary N) is 1. The molecule has 2 aromatic rings. The van der Waals surface area contributed by atoms with Gasteiger partial charge in [0, 0.05) is 4.47 Å². The highest BCUT2D eigenvalue weighted by Gasteiger charge is 2.35. The fourth-order valence-corrected chi connectivity index (χ4v) is 3.98. The number of halogens is 1. The number of carbonyl (C=O) groups is 3. The van der Waals surface area contributed by atoms with Crippen LogP contribution in [-0.4, -0.2) is 44.4 Å². The molecular formula is C17H13BrN2O6S. The number of rotatable bonds is 6. The van der Waals surface area contributed by atoms with Crippen molar-refractivity contribution >= 4 is 43.7 Å². The quantitative estimate of drug-likeness (QED) is 0.525. The first-order valence-electron chi connectivity index (χ1n) is 7.66. The number of amides is 2. The van der Waals surface area contributed by atoms with Crippen LogP contribution < -0.4 is 4.72 Å². The lowest BCUT2D eigenvalue weighted by atomic mass is 10.1. The monoisotopic (exact) mass is 452 g/mol. The fraction of sp³-hybridized carbons (Fsp3) is 0.118. The molecule has 140 valence electrons. The van der Waals surface area contributed by atoms with Crippen molar-refractivity contribution in [3.63, 3.8) is 0 Å². The van der Waals surface area contributed by atoms with Gasteiger partial charge in [0.2, 0.25) is 10.0 Å². The van der Waals surface area contributed by atoms with Gasteiger partial charge in [-0.15, -0.1) is 0 Å². The number of imide groups is 1. The Labute approximate surface area is 163 Å². The Balaban J connectivity index is 1.57. The number of hydrogen-bond acceptors (Lipinski definition) is 6. The van der Waals surface area contributed by atoms with E-state index in [2.05, 4.69) is 20.7 Å². The Morgan fingerprint density at radius 1 is 1.04 bits per heavy atom. The van der Waals surface area contributed by atoms with Gasteiger partial charge in [0.05, 0.1) is 16.0 Å². The van der Waals surface area contributed by atoms with E-state index in [1.807, 2.05) is 0 Å². The molecule has 0 aromatic heterocycles. The number of hydrogen-bond donors (Lipinski definition) is 1. The highest BCUT2D eigenvalue weighted by molar-refractivity contribution is 9.10. The third kappa shape index (κ3) is 4.07. The Kier molecular flexibility index (Phi) is 5.40. The first-order valence-corrected chi connectivity index (χ1v) is 9.93. The van der Waals surface area contributed by atoms with E-state index in [9.17, 15) is 22.8 Å². The molecule has 1 N–H and O–H groups in total. The maximum Gasteiger partial charge on any atom is 0.322 e. The molecule has 1 heterocycles. The topological polar surface area (TPSA) is 110 Å². The zero-order chi connectivity index (χ0) is 19.6. The van der Waals surface area contributed by atoms with Crippen LogP contribution in [-0.2, 0) is 19.6 Å². The van der Waals surface area contributed by atoms with Gasteiger partial charge in [0.25, 0.3) is 11.8 Å². The zero-order valence-corrected chi connectivity index (χ0v) is 16.1. The first-order chi connectivity index (χ1) is 12.8. The van der Waals surface area contributed by atoms with Crippen LogP contribution in [0.4, 0.5) is 0 Å². The van der Waals surface area contributed by atoms with Crippen LogP contribution in [0.15, 0.2) is 57.9 Å². The molecule has 10 heteroatoms. The van der Waals surface area contributed by atoms with Crippen molar-refractivity contribution in [3.05, 3.63) is 64.1 Å². The van der Waals surface area contributed by atoms with E-state index >= 15 is 0 Å². The summed E-state index contributed by atoms with van der Waals surface area (Å²) in [6, 6.07) is 12.2. The van der Waals surface area contributed by atoms with Gasteiger partial charge in [-0.1, -0.05) is 34.1 Å². The summed E-state index contributed by atoms with van der Waals surface area (Å²) < 4.78 is 31.8. The molecule has 3 rings (SSSR count). The Hall–Kier alpha value is -2.56. The lowest BCUT2D eigenvalue weighted by Crippen LogP contribution is -2.36. The molecule has 0 saturated carbocycles. The van der Waals surface area contributed by atoms with E-state index in [4.69, 9.17) is 4.74 Å². The van der Waals surface area contributed by atoms with Crippen molar-refractivity contribution in [1.29, 1.82) is 0 Å². The molecule has 0 atom stereocenters. The molecule has 0 unspecified atom stereocenters. The average molecular weight is 453 g/mol. The van der Waals surface area contributed by atoms with Crippen LogP contribution in [0.1, 0.15) is 20.7 Å². The molecule has 0 fully saturated rings. The van der Waals surface area contributed by atoms with Gasteiger partial charge >= 0.3 is 5.97 Å². The van der Waals surface area contributed by atoms with Crippen LogP contribution >= 0.6 is 15.9 Å². The van der Waals surface area contributed by atoms with Crippen molar-refractivity contribution in [2.75, 3.05) is 13.3 Å². The normalized spacial score (nSPS) is 13.6. The SMILES string of the molecule is O=C(CNS(=O)(=O)c1cccc(Br)c1)OCN1C(=O)c2ccccc2C1=O. The minimum Gasteiger partial charge on any atom is -0.443 e. The molecule has 2 aromatic carbocycles. The van der Waals surface area contributed by atoms with Crippen molar-refractivity contribution in [2.45, 2.75) is 4.90 Å². The molecule has 0 radical (unpaired) electrons. The number of fused-ring (bicyclic) bond motifs is 1. The zero-order valence-electron chi connectivity index (χ0n) is 13.7. The van der Waals surface area contributed by atoms with Gasteiger partial charge in [-0.3, -0.25) is 14.4 Å². The summed E-state index contributed by atoms with van der Waals surface area (Å²) in [5.74, 6) is -2.07. The fourth-order valence-electron chi connectivity index (χ4n) is 2.42. The predicted molar refractivity (Wildman–Crippen MR) is 97.2 cm³/mol. The lowest BCUT2D eigenvalue weighted by Gasteiger charge is -2.14. The molecular weight excluding hydrogens is 440 g/mol.